The molecule has 3 N–H and O–H groups in total. The zero-order valence-electron chi connectivity index (χ0n) is 10.5. The Morgan fingerprint density at radius 3 is 2.67 bits per heavy atom. The molecule has 1 aliphatic carbocycles. The number of hydrogen-bond donors (Lipinski definition) is 2. The van der Waals surface area contributed by atoms with Crippen molar-refractivity contribution in [2.24, 2.45) is 11.7 Å². The maximum Gasteiger partial charge on any atom is 0.158 e. The van der Waals surface area contributed by atoms with E-state index in [-0.39, 0.29) is 6.04 Å². The van der Waals surface area contributed by atoms with Gasteiger partial charge in [0.25, 0.3) is 0 Å². The lowest BCUT2D eigenvalue weighted by Crippen LogP contribution is -2.37. The van der Waals surface area contributed by atoms with Crippen LogP contribution >= 0.6 is 0 Å². The van der Waals surface area contributed by atoms with Gasteiger partial charge in [-0.2, -0.15) is 5.26 Å². The first-order valence-electron chi connectivity index (χ1n) is 6.52. The van der Waals surface area contributed by atoms with Crippen LogP contribution in [0.15, 0.2) is 12.4 Å². The molecule has 1 heterocycles. The lowest BCUT2D eigenvalue weighted by atomic mass is 9.84. The highest BCUT2D eigenvalue weighted by atomic mass is 15.0. The molecule has 5 nitrogen and oxygen atoms in total. The summed E-state index contributed by atoms with van der Waals surface area (Å²) in [6.45, 7) is 0.604. The number of hydrogen-bond acceptors (Lipinski definition) is 5. The Kier molecular flexibility index (Phi) is 4.48. The van der Waals surface area contributed by atoms with Crippen LogP contribution in [0.25, 0.3) is 0 Å². The van der Waals surface area contributed by atoms with Crippen LogP contribution in [0.3, 0.4) is 0 Å². The molecular formula is C13H19N5. The fourth-order valence-electron chi connectivity index (χ4n) is 2.56. The lowest BCUT2D eigenvalue weighted by Gasteiger charge is -2.30. The maximum absolute atomic E-state index is 8.67. The quantitative estimate of drug-likeness (QED) is 0.842. The average Bonchev–Trinajstić information content (AvgIpc) is 2.46. The predicted molar refractivity (Wildman–Crippen MR) is 69.8 cm³/mol. The molecule has 1 saturated carbocycles. The van der Waals surface area contributed by atoms with Gasteiger partial charge in [0.1, 0.15) is 11.9 Å². The first-order chi connectivity index (χ1) is 8.83. The molecule has 1 atom stereocenters. The third kappa shape index (κ3) is 3.17. The van der Waals surface area contributed by atoms with Gasteiger partial charge in [-0.1, -0.05) is 19.3 Å². The van der Waals surface area contributed by atoms with Crippen molar-refractivity contribution >= 4 is 5.82 Å². The number of aromatic nitrogens is 2. The molecule has 0 saturated heterocycles. The van der Waals surface area contributed by atoms with Crippen LogP contribution in [0, 0.1) is 17.2 Å². The van der Waals surface area contributed by atoms with Gasteiger partial charge in [0.15, 0.2) is 5.69 Å². The van der Waals surface area contributed by atoms with Crippen LogP contribution < -0.4 is 11.1 Å². The van der Waals surface area contributed by atoms with E-state index in [0.717, 1.165) is 0 Å². The van der Waals surface area contributed by atoms with Crippen molar-refractivity contribution < 1.29 is 0 Å². The second kappa shape index (κ2) is 6.31. The van der Waals surface area contributed by atoms with E-state index in [1.165, 1.54) is 38.3 Å². The van der Waals surface area contributed by atoms with Crippen LogP contribution in [0.2, 0.25) is 0 Å². The van der Waals surface area contributed by atoms with E-state index in [1.807, 2.05) is 6.07 Å². The van der Waals surface area contributed by atoms with Crippen LogP contribution in [0.5, 0.6) is 0 Å². The molecule has 0 aliphatic heterocycles. The highest BCUT2D eigenvalue weighted by Crippen LogP contribution is 2.27. The zero-order chi connectivity index (χ0) is 12.8. The number of rotatable bonds is 4. The van der Waals surface area contributed by atoms with Gasteiger partial charge in [-0.3, -0.25) is 0 Å². The molecule has 0 aromatic carbocycles. The Labute approximate surface area is 107 Å². The fourth-order valence-corrected chi connectivity index (χ4v) is 2.56. The molecule has 1 fully saturated rings. The van der Waals surface area contributed by atoms with Crippen LogP contribution in [-0.4, -0.2) is 22.6 Å². The first kappa shape index (κ1) is 12.8. The van der Waals surface area contributed by atoms with E-state index in [0.29, 0.717) is 24.0 Å². The Morgan fingerprint density at radius 2 is 2.11 bits per heavy atom. The summed E-state index contributed by atoms with van der Waals surface area (Å²) in [5.41, 5.74) is 6.18. The Bertz CT molecular complexity index is 402. The SMILES string of the molecule is N#Cc1cnc(NC(CN)C2CCCCC2)cn1. The van der Waals surface area contributed by atoms with E-state index < -0.39 is 0 Å². The summed E-state index contributed by atoms with van der Waals surface area (Å²) in [4.78, 5) is 8.18. The summed E-state index contributed by atoms with van der Waals surface area (Å²) in [5, 5.41) is 12.0. The zero-order valence-corrected chi connectivity index (χ0v) is 10.5. The van der Waals surface area contributed by atoms with Gasteiger partial charge in [-0.15, -0.1) is 0 Å². The molecule has 2 rings (SSSR count). The minimum atomic E-state index is 0.257. The molecule has 0 amide bonds. The van der Waals surface area contributed by atoms with Crippen LogP contribution in [-0.2, 0) is 0 Å². The van der Waals surface area contributed by atoms with Gasteiger partial charge in [0.2, 0.25) is 0 Å². The van der Waals surface area contributed by atoms with Crippen LogP contribution in [0.1, 0.15) is 37.8 Å². The van der Waals surface area contributed by atoms with Crippen molar-refractivity contribution in [1.82, 2.24) is 9.97 Å². The minimum absolute atomic E-state index is 0.257. The number of nitrogens with one attached hydrogen (secondary N) is 1. The largest absolute Gasteiger partial charge is 0.365 e. The number of nitrogens with zero attached hydrogens (tertiary/aromatic N) is 3. The van der Waals surface area contributed by atoms with E-state index >= 15 is 0 Å². The van der Waals surface area contributed by atoms with E-state index in [1.54, 1.807) is 6.20 Å². The number of anilines is 1. The molecule has 0 spiro atoms. The molecule has 0 radical (unpaired) electrons. The van der Waals surface area contributed by atoms with Crippen molar-refractivity contribution in [3.05, 3.63) is 18.1 Å². The Hall–Kier alpha value is -1.67. The van der Waals surface area contributed by atoms with E-state index in [9.17, 15) is 0 Å². The molecule has 0 bridgehead atoms. The van der Waals surface area contributed by atoms with Gasteiger partial charge < -0.3 is 11.1 Å². The predicted octanol–water partition coefficient (Wildman–Crippen LogP) is 1.67. The summed E-state index contributed by atoms with van der Waals surface area (Å²) in [6.07, 6.45) is 9.48. The highest BCUT2D eigenvalue weighted by molar-refractivity contribution is 5.34. The van der Waals surface area contributed by atoms with Gasteiger partial charge in [0, 0.05) is 12.6 Å². The van der Waals surface area contributed by atoms with Gasteiger partial charge in [-0.05, 0) is 18.8 Å². The molecule has 1 aromatic rings. The third-order valence-corrected chi connectivity index (χ3v) is 3.57. The van der Waals surface area contributed by atoms with Gasteiger partial charge in [-0.25, -0.2) is 9.97 Å². The normalized spacial score (nSPS) is 18.0. The summed E-state index contributed by atoms with van der Waals surface area (Å²) < 4.78 is 0. The maximum atomic E-state index is 8.67. The second-order valence-corrected chi connectivity index (χ2v) is 4.78. The Balaban J connectivity index is 1.98. The lowest BCUT2D eigenvalue weighted by molar-refractivity contribution is 0.320. The molecule has 18 heavy (non-hydrogen) atoms. The summed E-state index contributed by atoms with van der Waals surface area (Å²) in [6, 6.07) is 2.22. The molecule has 96 valence electrons. The van der Waals surface area contributed by atoms with E-state index in [4.69, 9.17) is 11.0 Å². The molecule has 1 aromatic heterocycles. The standard InChI is InChI=1S/C13H19N5/c14-6-11-8-17-13(9-16-11)18-12(7-15)10-4-2-1-3-5-10/h8-10,12H,1-5,7,15H2,(H,17,18). The van der Waals surface area contributed by atoms with Crippen molar-refractivity contribution in [3.8, 4) is 6.07 Å². The van der Waals surface area contributed by atoms with Crippen molar-refractivity contribution in [2.45, 2.75) is 38.1 Å². The fraction of sp³-hybridized carbons (Fsp3) is 0.615. The third-order valence-electron chi connectivity index (χ3n) is 3.57. The topological polar surface area (TPSA) is 87.6 Å². The first-order valence-corrected chi connectivity index (χ1v) is 6.52. The average molecular weight is 245 g/mol. The molecular weight excluding hydrogens is 226 g/mol. The monoisotopic (exact) mass is 245 g/mol. The molecule has 1 unspecified atom stereocenters. The van der Waals surface area contributed by atoms with Crippen molar-refractivity contribution in [2.75, 3.05) is 11.9 Å². The number of nitriles is 1. The summed E-state index contributed by atoms with van der Waals surface area (Å²) >= 11 is 0. The number of nitrogens with two attached hydrogens (primary N) is 1. The minimum Gasteiger partial charge on any atom is -0.365 e. The molecule has 1 aliphatic rings. The van der Waals surface area contributed by atoms with Crippen molar-refractivity contribution in [1.29, 1.82) is 5.26 Å². The molecule has 5 heteroatoms. The Morgan fingerprint density at radius 1 is 1.33 bits per heavy atom. The summed E-state index contributed by atoms with van der Waals surface area (Å²) in [7, 11) is 0. The van der Waals surface area contributed by atoms with Crippen LogP contribution in [0.4, 0.5) is 5.82 Å². The second-order valence-electron chi connectivity index (χ2n) is 4.78. The van der Waals surface area contributed by atoms with Gasteiger partial charge in [0.05, 0.1) is 12.4 Å². The summed E-state index contributed by atoms with van der Waals surface area (Å²) in [5.74, 6) is 1.33. The van der Waals surface area contributed by atoms with E-state index in [2.05, 4.69) is 15.3 Å². The van der Waals surface area contributed by atoms with Gasteiger partial charge >= 0.3 is 0 Å². The highest BCUT2D eigenvalue weighted by Gasteiger charge is 2.22. The van der Waals surface area contributed by atoms with Crippen molar-refractivity contribution in [3.63, 3.8) is 0 Å². The smallest absolute Gasteiger partial charge is 0.158 e.